The molecule has 0 saturated carbocycles. The molecule has 0 aliphatic rings. The highest BCUT2D eigenvalue weighted by atomic mass is 16.5. The minimum absolute atomic E-state index is 0.283. The predicted molar refractivity (Wildman–Crippen MR) is 113 cm³/mol. The van der Waals surface area contributed by atoms with E-state index >= 15 is 0 Å². The second kappa shape index (κ2) is 10.1. The van der Waals surface area contributed by atoms with Crippen LogP contribution in [0.25, 0.3) is 24.1 Å². The molecule has 0 bridgehead atoms. The fourth-order valence-electron chi connectivity index (χ4n) is 2.38. The summed E-state index contributed by atoms with van der Waals surface area (Å²) in [6.45, 7) is 11.2. The first-order chi connectivity index (χ1) is 13.4. The van der Waals surface area contributed by atoms with Crippen molar-refractivity contribution in [2.24, 2.45) is 0 Å². The number of hydrogen-bond acceptors (Lipinski definition) is 4. The lowest BCUT2D eigenvalue weighted by Gasteiger charge is -1.99. The Balaban J connectivity index is 0.000000221. The summed E-state index contributed by atoms with van der Waals surface area (Å²) < 4.78 is 10.5. The molecule has 0 unspecified atom stereocenters. The van der Waals surface area contributed by atoms with E-state index in [-0.39, 0.29) is 5.97 Å². The number of oxazole rings is 1. The summed E-state index contributed by atoms with van der Waals surface area (Å²) in [6.07, 6.45) is 5.73. The first kappa shape index (κ1) is 20.9. The van der Waals surface area contributed by atoms with Crippen LogP contribution in [-0.4, -0.2) is 11.0 Å². The Kier molecular flexibility index (Phi) is 7.52. The molecule has 0 atom stereocenters. The molecule has 4 heteroatoms. The van der Waals surface area contributed by atoms with E-state index in [0.717, 1.165) is 16.7 Å². The number of carbonyl (C=O) groups is 1. The van der Waals surface area contributed by atoms with E-state index in [9.17, 15) is 4.79 Å². The first-order valence-corrected chi connectivity index (χ1v) is 9.00. The van der Waals surface area contributed by atoms with Gasteiger partial charge >= 0.3 is 5.97 Å². The molecule has 0 fully saturated rings. The summed E-state index contributed by atoms with van der Waals surface area (Å²) in [5.41, 5.74) is 4.02. The molecule has 0 radical (unpaired) electrons. The minimum Gasteiger partial charge on any atom is -0.436 e. The van der Waals surface area contributed by atoms with Crippen molar-refractivity contribution in [2.45, 2.75) is 27.7 Å². The van der Waals surface area contributed by atoms with Crippen LogP contribution in [0, 0.1) is 13.8 Å². The Labute approximate surface area is 165 Å². The third-order valence-electron chi connectivity index (χ3n) is 3.83. The van der Waals surface area contributed by atoms with Crippen LogP contribution < -0.4 is 15.5 Å². The summed E-state index contributed by atoms with van der Waals surface area (Å²) in [7, 11) is 0. The zero-order valence-electron chi connectivity index (χ0n) is 16.7. The van der Waals surface area contributed by atoms with E-state index in [1.807, 2.05) is 75.4 Å². The summed E-state index contributed by atoms with van der Waals surface area (Å²) in [6, 6.07) is 15.4. The third-order valence-corrected chi connectivity index (χ3v) is 3.83. The van der Waals surface area contributed by atoms with Gasteiger partial charge in [0, 0.05) is 12.5 Å². The van der Waals surface area contributed by atoms with Gasteiger partial charge in [0.25, 0.3) is 0 Å². The van der Waals surface area contributed by atoms with E-state index in [1.54, 1.807) is 12.1 Å². The molecule has 28 heavy (non-hydrogen) atoms. The van der Waals surface area contributed by atoms with Gasteiger partial charge in [-0.25, -0.2) is 4.98 Å². The quantitative estimate of drug-likeness (QED) is 0.505. The first-order valence-electron chi connectivity index (χ1n) is 9.00. The van der Waals surface area contributed by atoms with E-state index < -0.39 is 0 Å². The molecule has 4 nitrogen and oxygen atoms in total. The average Bonchev–Trinajstić information content (AvgIpc) is 3.03. The monoisotopic (exact) mass is 375 g/mol. The molecule has 144 valence electrons. The van der Waals surface area contributed by atoms with Gasteiger partial charge in [-0.3, -0.25) is 4.79 Å². The van der Waals surface area contributed by atoms with Crippen molar-refractivity contribution in [2.75, 3.05) is 0 Å². The maximum Gasteiger partial charge on any atom is 0.308 e. The highest BCUT2D eigenvalue weighted by Gasteiger charge is 2.06. The number of nitrogens with zero attached hydrogens (tertiary/aromatic N) is 1. The minimum atomic E-state index is -0.283. The maximum atomic E-state index is 10.5. The van der Waals surface area contributed by atoms with Gasteiger partial charge < -0.3 is 9.15 Å². The molecule has 1 aromatic heterocycles. The molecule has 0 aliphatic heterocycles. The Morgan fingerprint density at radius 3 is 2.39 bits per heavy atom. The predicted octanol–water partition coefficient (Wildman–Crippen LogP) is 4.34. The van der Waals surface area contributed by atoms with Crippen LogP contribution in [0.4, 0.5) is 0 Å². The molecule has 2 aromatic carbocycles. The lowest BCUT2D eigenvalue weighted by molar-refractivity contribution is -0.131. The number of hydrogen-bond donors (Lipinski definition) is 0. The fraction of sp³-hybridized carbons (Fsp3) is 0.167. The van der Waals surface area contributed by atoms with Gasteiger partial charge in [0.2, 0.25) is 5.89 Å². The van der Waals surface area contributed by atoms with Crippen molar-refractivity contribution in [1.29, 1.82) is 0 Å². The number of aryl methyl sites for hydroxylation is 2. The summed E-state index contributed by atoms with van der Waals surface area (Å²) in [5.74, 6) is 0.945. The van der Waals surface area contributed by atoms with Crippen LogP contribution >= 0.6 is 0 Å². The number of ether oxygens (including phenoxy) is 1. The van der Waals surface area contributed by atoms with Crippen LogP contribution in [0.1, 0.15) is 25.0 Å². The second-order valence-corrected chi connectivity index (χ2v) is 6.24. The van der Waals surface area contributed by atoms with Crippen molar-refractivity contribution in [1.82, 2.24) is 4.98 Å². The van der Waals surface area contributed by atoms with Crippen molar-refractivity contribution in [3.63, 3.8) is 0 Å². The van der Waals surface area contributed by atoms with Gasteiger partial charge in [-0.05, 0) is 50.6 Å². The fourth-order valence-corrected chi connectivity index (χ4v) is 2.38. The third kappa shape index (κ3) is 6.09. The van der Waals surface area contributed by atoms with Gasteiger partial charge in [0.05, 0.1) is 0 Å². The average molecular weight is 375 g/mol. The normalized spacial score (nSPS) is 11.2. The number of allylic oxidation sites excluding steroid dienone is 2. The number of carbonyl (C=O) groups excluding carboxylic acids is 1. The van der Waals surface area contributed by atoms with Crippen molar-refractivity contribution in [3.05, 3.63) is 82.6 Å². The van der Waals surface area contributed by atoms with Gasteiger partial charge in [0.1, 0.15) is 11.1 Å². The topological polar surface area (TPSA) is 52.3 Å². The lowest BCUT2D eigenvalue weighted by Crippen LogP contribution is -2.19. The Morgan fingerprint density at radius 1 is 1.11 bits per heavy atom. The molecular formula is C24H25NO3. The van der Waals surface area contributed by atoms with E-state index in [2.05, 4.69) is 11.6 Å². The van der Waals surface area contributed by atoms with Gasteiger partial charge in [-0.2, -0.15) is 0 Å². The Hall–Kier alpha value is -3.40. The van der Waals surface area contributed by atoms with Crippen molar-refractivity contribution in [3.8, 4) is 17.2 Å². The molecule has 0 N–H and O–H groups in total. The van der Waals surface area contributed by atoms with Gasteiger partial charge in [-0.15, -0.1) is 0 Å². The standard InChI is InChI=1S/C15H15NO.C9H10O2/c1-4-5-10-14-12(3)16-15(17-14)13-9-7-6-8-11(13)2;1-7-3-5-9(6-4-7)11-8(2)10/h4-10H,3H2,1-2H3;3-6H,1-2H3/b5-4-,14-10+;. The molecule has 0 amide bonds. The van der Waals surface area contributed by atoms with Crippen LogP contribution in [0.5, 0.6) is 5.75 Å². The largest absolute Gasteiger partial charge is 0.436 e. The zero-order valence-corrected chi connectivity index (χ0v) is 16.7. The smallest absolute Gasteiger partial charge is 0.308 e. The molecule has 0 aliphatic carbocycles. The van der Waals surface area contributed by atoms with Crippen LogP contribution in [0.3, 0.4) is 0 Å². The van der Waals surface area contributed by atoms with Crippen LogP contribution in [-0.2, 0) is 4.79 Å². The van der Waals surface area contributed by atoms with Crippen molar-refractivity contribution < 1.29 is 13.9 Å². The number of esters is 1. The summed E-state index contributed by atoms with van der Waals surface area (Å²) in [4.78, 5) is 14.8. The second-order valence-electron chi connectivity index (χ2n) is 6.24. The SMILES string of the molecule is C=c1nc(-c2ccccc2C)o/c1=C/C=C\C.CC(=O)Oc1ccc(C)cc1. The summed E-state index contributed by atoms with van der Waals surface area (Å²) >= 11 is 0. The van der Waals surface area contributed by atoms with Gasteiger partial charge in [0.15, 0.2) is 5.42 Å². The zero-order chi connectivity index (χ0) is 20.5. The van der Waals surface area contributed by atoms with Crippen LogP contribution in [0.15, 0.2) is 65.1 Å². The molecule has 3 aromatic rings. The number of aromatic nitrogens is 1. The van der Waals surface area contributed by atoms with Crippen LogP contribution in [0.2, 0.25) is 0 Å². The number of benzene rings is 2. The highest BCUT2D eigenvalue weighted by molar-refractivity contribution is 5.69. The Bertz CT molecular complexity index is 1060. The lowest BCUT2D eigenvalue weighted by atomic mass is 10.1. The van der Waals surface area contributed by atoms with Crippen molar-refractivity contribution >= 4 is 18.6 Å². The molecule has 0 spiro atoms. The summed E-state index contributed by atoms with van der Waals surface area (Å²) in [5, 5.41) is 0.668. The molecule has 0 saturated heterocycles. The molecular weight excluding hydrogens is 350 g/mol. The number of rotatable bonds is 3. The van der Waals surface area contributed by atoms with E-state index in [4.69, 9.17) is 9.15 Å². The maximum absolute atomic E-state index is 10.5. The highest BCUT2D eigenvalue weighted by Crippen LogP contribution is 2.18. The molecule has 1 heterocycles. The Morgan fingerprint density at radius 2 is 1.79 bits per heavy atom. The van der Waals surface area contributed by atoms with E-state index in [0.29, 0.717) is 22.4 Å². The van der Waals surface area contributed by atoms with Gasteiger partial charge in [-0.1, -0.05) is 54.6 Å². The van der Waals surface area contributed by atoms with E-state index in [1.165, 1.54) is 6.92 Å². The molecule has 3 rings (SSSR count).